The van der Waals surface area contributed by atoms with Gasteiger partial charge >= 0.3 is 0 Å². The van der Waals surface area contributed by atoms with Crippen molar-refractivity contribution in [2.75, 3.05) is 13.7 Å². The van der Waals surface area contributed by atoms with Gasteiger partial charge in [0.05, 0.1) is 0 Å². The first-order valence-corrected chi connectivity index (χ1v) is 7.80. The van der Waals surface area contributed by atoms with Crippen molar-refractivity contribution in [1.29, 1.82) is 0 Å². The average Bonchev–Trinajstić information content (AvgIpc) is 2.60. The SMILES string of the molecule is C=CCNC(CC)C(OC)(c1ccccc1)c1ccccc1. The van der Waals surface area contributed by atoms with Crippen molar-refractivity contribution in [2.24, 2.45) is 0 Å². The van der Waals surface area contributed by atoms with Gasteiger partial charge in [-0.1, -0.05) is 73.7 Å². The van der Waals surface area contributed by atoms with Gasteiger partial charge in [-0.3, -0.25) is 0 Å². The molecule has 0 amide bonds. The number of rotatable bonds is 8. The van der Waals surface area contributed by atoms with Gasteiger partial charge in [0, 0.05) is 19.7 Å². The van der Waals surface area contributed by atoms with Crippen LogP contribution in [0.3, 0.4) is 0 Å². The Kier molecular flexibility index (Phi) is 5.93. The summed E-state index contributed by atoms with van der Waals surface area (Å²) in [5.74, 6) is 0. The third-order valence-electron chi connectivity index (χ3n) is 4.13. The predicted molar refractivity (Wildman–Crippen MR) is 93.0 cm³/mol. The molecular weight excluding hydrogens is 270 g/mol. The van der Waals surface area contributed by atoms with Crippen LogP contribution in [0.5, 0.6) is 0 Å². The zero-order chi connectivity index (χ0) is 15.8. The van der Waals surface area contributed by atoms with Crippen molar-refractivity contribution in [1.82, 2.24) is 5.32 Å². The molecule has 0 spiro atoms. The van der Waals surface area contributed by atoms with E-state index >= 15 is 0 Å². The fraction of sp³-hybridized carbons (Fsp3) is 0.300. The molecule has 116 valence electrons. The molecule has 0 aliphatic rings. The van der Waals surface area contributed by atoms with E-state index in [4.69, 9.17) is 4.74 Å². The van der Waals surface area contributed by atoms with Crippen LogP contribution in [0.1, 0.15) is 24.5 Å². The molecule has 0 radical (unpaired) electrons. The van der Waals surface area contributed by atoms with Crippen LogP contribution >= 0.6 is 0 Å². The standard InChI is InChI=1S/C20H25NO/c1-4-16-21-19(5-2)20(22-3,17-12-8-6-9-13-17)18-14-10-7-11-15-18/h4,6-15,19,21H,1,5,16H2,2-3H3. The smallest absolute Gasteiger partial charge is 0.133 e. The molecule has 0 saturated heterocycles. The van der Waals surface area contributed by atoms with E-state index in [0.29, 0.717) is 0 Å². The number of hydrogen-bond acceptors (Lipinski definition) is 2. The minimum absolute atomic E-state index is 0.153. The fourth-order valence-corrected chi connectivity index (χ4v) is 3.12. The molecule has 22 heavy (non-hydrogen) atoms. The van der Waals surface area contributed by atoms with Crippen molar-refractivity contribution in [3.63, 3.8) is 0 Å². The van der Waals surface area contributed by atoms with Gasteiger partial charge in [-0.05, 0) is 17.5 Å². The lowest BCUT2D eigenvalue weighted by atomic mass is 9.78. The summed E-state index contributed by atoms with van der Waals surface area (Å²) in [6.07, 6.45) is 2.84. The number of ether oxygens (including phenoxy) is 1. The molecular formula is C20H25NO. The Balaban J connectivity index is 2.58. The monoisotopic (exact) mass is 295 g/mol. The van der Waals surface area contributed by atoms with E-state index in [1.165, 1.54) is 0 Å². The molecule has 2 nitrogen and oxygen atoms in total. The lowest BCUT2D eigenvalue weighted by molar-refractivity contribution is -0.0118. The first-order valence-electron chi connectivity index (χ1n) is 7.80. The molecule has 2 aromatic carbocycles. The lowest BCUT2D eigenvalue weighted by Gasteiger charge is -2.41. The quantitative estimate of drug-likeness (QED) is 0.739. The fourth-order valence-electron chi connectivity index (χ4n) is 3.12. The lowest BCUT2D eigenvalue weighted by Crippen LogP contribution is -2.50. The van der Waals surface area contributed by atoms with Gasteiger partial charge in [-0.2, -0.15) is 0 Å². The molecule has 2 aromatic rings. The van der Waals surface area contributed by atoms with E-state index in [9.17, 15) is 0 Å². The molecule has 0 aliphatic carbocycles. The highest BCUT2D eigenvalue weighted by Gasteiger charge is 2.41. The molecule has 0 fully saturated rings. The molecule has 2 heteroatoms. The van der Waals surface area contributed by atoms with Crippen LogP contribution in [0.15, 0.2) is 73.3 Å². The third kappa shape index (κ3) is 3.13. The van der Waals surface area contributed by atoms with E-state index < -0.39 is 5.60 Å². The van der Waals surface area contributed by atoms with Crippen molar-refractivity contribution in [3.8, 4) is 0 Å². The van der Waals surface area contributed by atoms with Crippen LogP contribution in [-0.4, -0.2) is 19.7 Å². The second-order valence-corrected chi connectivity index (χ2v) is 5.33. The summed E-state index contributed by atoms with van der Waals surface area (Å²) < 4.78 is 6.16. The van der Waals surface area contributed by atoms with Crippen LogP contribution in [0.2, 0.25) is 0 Å². The normalized spacial score (nSPS) is 12.8. The van der Waals surface area contributed by atoms with Crippen LogP contribution in [0.4, 0.5) is 0 Å². The summed E-state index contributed by atoms with van der Waals surface area (Å²) in [5, 5.41) is 3.56. The van der Waals surface area contributed by atoms with E-state index in [0.717, 1.165) is 24.1 Å². The van der Waals surface area contributed by atoms with E-state index in [-0.39, 0.29) is 6.04 Å². The summed E-state index contributed by atoms with van der Waals surface area (Å²) in [6, 6.07) is 21.0. The Hall–Kier alpha value is -1.90. The maximum Gasteiger partial charge on any atom is 0.133 e. The highest BCUT2D eigenvalue weighted by atomic mass is 16.5. The highest BCUT2D eigenvalue weighted by molar-refractivity contribution is 5.38. The van der Waals surface area contributed by atoms with Crippen molar-refractivity contribution in [3.05, 3.63) is 84.4 Å². The second-order valence-electron chi connectivity index (χ2n) is 5.33. The molecule has 1 unspecified atom stereocenters. The highest BCUT2D eigenvalue weighted by Crippen LogP contribution is 2.37. The first kappa shape index (κ1) is 16.5. The number of benzene rings is 2. The van der Waals surface area contributed by atoms with Crippen molar-refractivity contribution < 1.29 is 4.74 Å². The molecule has 0 aromatic heterocycles. The van der Waals surface area contributed by atoms with Crippen molar-refractivity contribution in [2.45, 2.75) is 25.0 Å². The summed E-state index contributed by atoms with van der Waals surface area (Å²) >= 11 is 0. The molecule has 2 rings (SSSR count). The maximum absolute atomic E-state index is 6.16. The molecule has 0 bridgehead atoms. The first-order chi connectivity index (χ1) is 10.8. The van der Waals surface area contributed by atoms with E-state index in [1.54, 1.807) is 7.11 Å². The van der Waals surface area contributed by atoms with Crippen LogP contribution < -0.4 is 5.32 Å². The van der Waals surface area contributed by atoms with Crippen molar-refractivity contribution >= 4 is 0 Å². The summed E-state index contributed by atoms with van der Waals surface area (Å²) in [5.41, 5.74) is 1.81. The minimum atomic E-state index is -0.514. The van der Waals surface area contributed by atoms with E-state index in [2.05, 4.69) is 67.4 Å². The van der Waals surface area contributed by atoms with E-state index in [1.807, 2.05) is 18.2 Å². The molecule has 1 atom stereocenters. The third-order valence-corrected chi connectivity index (χ3v) is 4.13. The Morgan fingerprint density at radius 1 is 1.05 bits per heavy atom. The second kappa shape index (κ2) is 7.92. The Labute approximate surface area is 133 Å². The molecule has 0 aliphatic heterocycles. The van der Waals surface area contributed by atoms with Crippen LogP contribution in [0, 0.1) is 0 Å². The van der Waals surface area contributed by atoms with Crippen LogP contribution in [-0.2, 0) is 10.3 Å². The van der Waals surface area contributed by atoms with Gasteiger partial charge in [0.25, 0.3) is 0 Å². The van der Waals surface area contributed by atoms with Gasteiger partial charge in [0.15, 0.2) is 0 Å². The topological polar surface area (TPSA) is 21.3 Å². The van der Waals surface area contributed by atoms with Gasteiger partial charge in [0.1, 0.15) is 5.60 Å². The zero-order valence-corrected chi connectivity index (χ0v) is 13.5. The number of hydrogen-bond donors (Lipinski definition) is 1. The molecule has 0 saturated carbocycles. The number of nitrogens with one attached hydrogen (secondary N) is 1. The maximum atomic E-state index is 6.16. The average molecular weight is 295 g/mol. The minimum Gasteiger partial charge on any atom is -0.367 e. The Bertz CT molecular complexity index is 525. The summed E-state index contributed by atoms with van der Waals surface area (Å²) in [7, 11) is 1.79. The Morgan fingerprint density at radius 3 is 1.91 bits per heavy atom. The predicted octanol–water partition coefficient (Wildman–Crippen LogP) is 4.13. The largest absolute Gasteiger partial charge is 0.367 e. The summed E-state index contributed by atoms with van der Waals surface area (Å²) in [4.78, 5) is 0. The summed E-state index contributed by atoms with van der Waals surface area (Å²) in [6.45, 7) is 6.75. The van der Waals surface area contributed by atoms with Crippen LogP contribution in [0.25, 0.3) is 0 Å². The zero-order valence-electron chi connectivity index (χ0n) is 13.5. The van der Waals surface area contributed by atoms with Gasteiger partial charge in [-0.15, -0.1) is 6.58 Å². The Morgan fingerprint density at radius 2 is 1.55 bits per heavy atom. The van der Waals surface area contributed by atoms with Gasteiger partial charge in [-0.25, -0.2) is 0 Å². The molecule has 1 N–H and O–H groups in total. The van der Waals surface area contributed by atoms with Gasteiger partial charge in [0.2, 0.25) is 0 Å². The molecule has 0 heterocycles. The number of methoxy groups -OCH3 is 1. The van der Waals surface area contributed by atoms with Gasteiger partial charge < -0.3 is 10.1 Å².